The van der Waals surface area contributed by atoms with E-state index < -0.39 is 35.7 Å². The van der Waals surface area contributed by atoms with Gasteiger partial charge in [0.25, 0.3) is 5.60 Å². The molecule has 3 N–H and O–H groups in total. The Morgan fingerprint density at radius 2 is 1.16 bits per heavy atom. The molecule has 1 fully saturated rings. The number of halogens is 9. The maximum absolute atomic E-state index is 13.0. The molecule has 0 amide bonds. The highest BCUT2D eigenvalue weighted by molar-refractivity contribution is 5.73. The molecule has 1 saturated heterocycles. The average molecular weight is 547 g/mol. The third kappa shape index (κ3) is 7.58. The zero-order valence-corrected chi connectivity index (χ0v) is 18.8. The van der Waals surface area contributed by atoms with Crippen molar-refractivity contribution >= 4 is 5.97 Å². The lowest BCUT2D eigenvalue weighted by Crippen LogP contribution is -2.53. The monoisotopic (exact) mass is 547 g/mol. The zero-order valence-electron chi connectivity index (χ0n) is 18.8. The van der Waals surface area contributed by atoms with Crippen molar-refractivity contribution in [3.05, 3.63) is 59.7 Å². The molecule has 3 rings (SSSR count). The number of carboxylic acid groups (broad SMARTS) is 1. The Morgan fingerprint density at radius 1 is 0.784 bits per heavy atom. The summed E-state index contributed by atoms with van der Waals surface area (Å²) in [6.07, 6.45) is -15.7. The van der Waals surface area contributed by atoms with Crippen molar-refractivity contribution in [1.82, 2.24) is 4.90 Å². The molecular weight excluding hydrogens is 525 g/mol. The number of aliphatic hydroxyl groups is 2. The van der Waals surface area contributed by atoms with E-state index in [-0.39, 0.29) is 6.10 Å². The number of carboxylic acids is 1. The van der Waals surface area contributed by atoms with Gasteiger partial charge < -0.3 is 15.3 Å². The highest BCUT2D eigenvalue weighted by atomic mass is 19.4. The number of likely N-dealkylation sites (tertiary alicyclic amines) is 1. The fourth-order valence-corrected chi connectivity index (χ4v) is 3.53. The molecule has 1 aliphatic rings. The third-order valence-electron chi connectivity index (χ3n) is 5.62. The van der Waals surface area contributed by atoms with E-state index in [1.807, 2.05) is 12.1 Å². The van der Waals surface area contributed by atoms with Gasteiger partial charge in [0.15, 0.2) is 0 Å². The minimum absolute atomic E-state index is 0.265. The maximum atomic E-state index is 13.0. The number of nitrogens with zero attached hydrogens (tertiary/aromatic N) is 1. The molecular formula is C23H22F9NO4. The molecule has 1 aliphatic heterocycles. The van der Waals surface area contributed by atoms with Gasteiger partial charge >= 0.3 is 24.5 Å². The molecule has 0 atom stereocenters. The number of piperidine rings is 1. The Hall–Kier alpha value is -2.84. The zero-order chi connectivity index (χ0) is 28.2. The summed E-state index contributed by atoms with van der Waals surface area (Å²) in [6, 6.07) is 10.7. The first-order valence-electron chi connectivity index (χ1n) is 10.6. The standard InChI is InChI=1S/C21H21F6NO2.C2HF3O2/c22-20(23,24)19(30,21(25,26)27)17-7-5-16(6-8-17)15-3-1-14(2-4-15)13-28-11-9-18(29)10-12-28;3-2(4,5)1(6)7/h1-8,18,29-30H,9-13H2;(H,6,7). The second kappa shape index (κ2) is 11.3. The van der Waals surface area contributed by atoms with Gasteiger partial charge in [0.1, 0.15) is 0 Å². The molecule has 2 aromatic carbocycles. The summed E-state index contributed by atoms with van der Waals surface area (Å²) in [5.74, 6) is -2.76. The van der Waals surface area contributed by atoms with Crippen LogP contribution in [0.5, 0.6) is 0 Å². The lowest BCUT2D eigenvalue weighted by molar-refractivity contribution is -0.376. The fraction of sp³-hybridized carbons (Fsp3) is 0.435. The summed E-state index contributed by atoms with van der Waals surface area (Å²) in [5, 5.41) is 26.1. The summed E-state index contributed by atoms with van der Waals surface area (Å²) >= 11 is 0. The molecule has 1 heterocycles. The fourth-order valence-electron chi connectivity index (χ4n) is 3.53. The van der Waals surface area contributed by atoms with Crippen LogP contribution in [0.2, 0.25) is 0 Å². The van der Waals surface area contributed by atoms with Crippen molar-refractivity contribution in [1.29, 1.82) is 0 Å². The molecule has 0 bridgehead atoms. The largest absolute Gasteiger partial charge is 0.490 e. The number of benzene rings is 2. The van der Waals surface area contributed by atoms with Gasteiger partial charge in [-0.3, -0.25) is 4.90 Å². The molecule has 2 aromatic rings. The summed E-state index contributed by atoms with van der Waals surface area (Å²) in [7, 11) is 0. The van der Waals surface area contributed by atoms with Crippen LogP contribution in [0.15, 0.2) is 48.5 Å². The molecule has 206 valence electrons. The normalized spacial score (nSPS) is 16.2. The Kier molecular flexibility index (Phi) is 9.26. The topological polar surface area (TPSA) is 81.0 Å². The van der Waals surface area contributed by atoms with Crippen LogP contribution in [0, 0.1) is 0 Å². The lowest BCUT2D eigenvalue weighted by atomic mass is 9.90. The van der Waals surface area contributed by atoms with Gasteiger partial charge in [-0.15, -0.1) is 0 Å². The third-order valence-corrected chi connectivity index (χ3v) is 5.62. The number of carbonyl (C=O) groups is 1. The van der Waals surface area contributed by atoms with Crippen LogP contribution >= 0.6 is 0 Å². The Morgan fingerprint density at radius 3 is 1.51 bits per heavy atom. The first kappa shape index (κ1) is 30.4. The minimum Gasteiger partial charge on any atom is -0.475 e. The van der Waals surface area contributed by atoms with Crippen molar-refractivity contribution < 1.29 is 59.6 Å². The minimum atomic E-state index is -5.90. The van der Waals surface area contributed by atoms with Crippen molar-refractivity contribution in [2.24, 2.45) is 0 Å². The van der Waals surface area contributed by atoms with Crippen LogP contribution in [0.3, 0.4) is 0 Å². The van der Waals surface area contributed by atoms with E-state index >= 15 is 0 Å². The Labute approximate surface area is 204 Å². The van der Waals surface area contributed by atoms with Crippen LogP contribution in [0.1, 0.15) is 24.0 Å². The molecule has 5 nitrogen and oxygen atoms in total. The van der Waals surface area contributed by atoms with Gasteiger partial charge in [-0.05, 0) is 29.5 Å². The lowest BCUT2D eigenvalue weighted by Gasteiger charge is -2.32. The Balaban J connectivity index is 0.000000604. The van der Waals surface area contributed by atoms with Crippen molar-refractivity contribution in [3.63, 3.8) is 0 Å². The Bertz CT molecular complexity index is 1010. The van der Waals surface area contributed by atoms with Crippen molar-refractivity contribution in [2.45, 2.75) is 49.6 Å². The van der Waals surface area contributed by atoms with E-state index in [1.165, 1.54) is 0 Å². The van der Waals surface area contributed by atoms with Crippen molar-refractivity contribution in [3.8, 4) is 11.1 Å². The number of hydrogen-bond acceptors (Lipinski definition) is 4. The van der Waals surface area contributed by atoms with E-state index in [9.17, 15) is 49.7 Å². The van der Waals surface area contributed by atoms with Crippen LogP contribution in [0.4, 0.5) is 39.5 Å². The summed E-state index contributed by atoms with van der Waals surface area (Å²) in [5.41, 5.74) is -4.14. The molecule has 0 saturated carbocycles. The van der Waals surface area contributed by atoms with Crippen molar-refractivity contribution in [2.75, 3.05) is 13.1 Å². The SMILES string of the molecule is O=C(O)C(F)(F)F.OC1CCN(Cc2ccc(-c3ccc(C(O)(C(F)(F)F)C(F)(F)F)cc3)cc2)CC1. The maximum Gasteiger partial charge on any atom is 0.490 e. The van der Waals surface area contributed by atoms with Crippen LogP contribution in [0.25, 0.3) is 11.1 Å². The molecule has 0 aliphatic carbocycles. The van der Waals surface area contributed by atoms with E-state index in [0.29, 0.717) is 42.6 Å². The van der Waals surface area contributed by atoms with Crippen LogP contribution in [-0.2, 0) is 16.9 Å². The van der Waals surface area contributed by atoms with Crippen LogP contribution < -0.4 is 0 Å². The number of hydrogen-bond donors (Lipinski definition) is 3. The van der Waals surface area contributed by atoms with E-state index in [2.05, 4.69) is 4.90 Å². The van der Waals surface area contributed by atoms with Gasteiger partial charge in [0.05, 0.1) is 6.10 Å². The quantitative estimate of drug-likeness (QED) is 0.456. The number of rotatable bonds is 4. The molecule has 0 unspecified atom stereocenters. The highest BCUT2D eigenvalue weighted by Gasteiger charge is 2.71. The number of aliphatic hydroxyl groups excluding tert-OH is 1. The summed E-state index contributed by atoms with van der Waals surface area (Å²) in [6.45, 7) is 2.26. The molecule has 37 heavy (non-hydrogen) atoms. The first-order chi connectivity index (χ1) is 16.9. The van der Waals surface area contributed by atoms with Gasteiger partial charge in [-0.2, -0.15) is 39.5 Å². The first-order valence-corrected chi connectivity index (χ1v) is 10.6. The smallest absolute Gasteiger partial charge is 0.475 e. The predicted octanol–water partition coefficient (Wildman–Crippen LogP) is 5.26. The highest BCUT2D eigenvalue weighted by Crippen LogP contribution is 2.50. The van der Waals surface area contributed by atoms with Gasteiger partial charge in [-0.1, -0.05) is 48.5 Å². The van der Waals surface area contributed by atoms with E-state index in [0.717, 1.165) is 30.8 Å². The second-order valence-electron chi connectivity index (χ2n) is 8.29. The van der Waals surface area contributed by atoms with E-state index in [4.69, 9.17) is 9.90 Å². The molecule has 0 spiro atoms. The van der Waals surface area contributed by atoms with Gasteiger partial charge in [-0.25, -0.2) is 4.79 Å². The molecule has 14 heteroatoms. The van der Waals surface area contributed by atoms with Gasteiger partial charge in [0.2, 0.25) is 0 Å². The van der Waals surface area contributed by atoms with Crippen LogP contribution in [-0.4, -0.2) is 63.9 Å². The number of aliphatic carboxylic acids is 1. The number of alkyl halides is 9. The second-order valence-corrected chi connectivity index (χ2v) is 8.29. The summed E-state index contributed by atoms with van der Waals surface area (Å²) < 4.78 is 110. The summed E-state index contributed by atoms with van der Waals surface area (Å²) in [4.78, 5) is 11.1. The van der Waals surface area contributed by atoms with E-state index in [1.54, 1.807) is 12.1 Å². The molecule has 0 aromatic heterocycles. The van der Waals surface area contributed by atoms with Gasteiger partial charge in [0, 0.05) is 25.2 Å². The predicted molar refractivity (Wildman–Crippen MR) is 112 cm³/mol. The molecule has 0 radical (unpaired) electrons. The average Bonchev–Trinajstić information content (AvgIpc) is 2.79.